The fraction of sp³-hybridized carbons (Fsp3) is 0.381. The third-order valence-corrected chi connectivity index (χ3v) is 4.25. The first kappa shape index (κ1) is 17.3. The van der Waals surface area contributed by atoms with Crippen molar-refractivity contribution in [3.63, 3.8) is 0 Å². The van der Waals surface area contributed by atoms with Gasteiger partial charge in [-0.1, -0.05) is 63.6 Å². The van der Waals surface area contributed by atoms with Gasteiger partial charge in [0.1, 0.15) is 0 Å². The van der Waals surface area contributed by atoms with Crippen molar-refractivity contribution in [1.82, 2.24) is 0 Å². The van der Waals surface area contributed by atoms with Gasteiger partial charge in [0.15, 0.2) is 0 Å². The zero-order chi connectivity index (χ0) is 17.1. The van der Waals surface area contributed by atoms with Gasteiger partial charge in [0.2, 0.25) is 0 Å². The average molecular weight is 309 g/mol. The van der Waals surface area contributed by atoms with E-state index in [0.29, 0.717) is 11.8 Å². The third-order valence-electron chi connectivity index (χ3n) is 4.25. The topological polar surface area (TPSA) is 29.1 Å². The first-order chi connectivity index (χ1) is 10.8. The molecule has 1 amide bonds. The van der Waals surface area contributed by atoms with Crippen LogP contribution in [0, 0.1) is 13.8 Å². The highest BCUT2D eigenvalue weighted by Gasteiger charge is 2.17. The summed E-state index contributed by atoms with van der Waals surface area (Å²) in [5.41, 5.74) is 6.20. The van der Waals surface area contributed by atoms with Crippen LogP contribution >= 0.6 is 0 Å². The molecule has 2 heteroatoms. The number of para-hydroxylation sites is 1. The van der Waals surface area contributed by atoms with E-state index in [-0.39, 0.29) is 5.91 Å². The molecule has 0 saturated carbocycles. The van der Waals surface area contributed by atoms with Crippen LogP contribution in [0.2, 0.25) is 0 Å². The number of hydrogen-bond donors (Lipinski definition) is 1. The highest BCUT2D eigenvalue weighted by molar-refractivity contribution is 6.06. The fourth-order valence-electron chi connectivity index (χ4n) is 2.86. The molecule has 2 aromatic rings. The summed E-state index contributed by atoms with van der Waals surface area (Å²) in [6, 6.07) is 12.3. The Morgan fingerprint density at radius 2 is 1.48 bits per heavy atom. The summed E-state index contributed by atoms with van der Waals surface area (Å²) in [4.78, 5) is 12.8. The van der Waals surface area contributed by atoms with Gasteiger partial charge < -0.3 is 5.32 Å². The standard InChI is InChI=1S/C21H27NO/c1-13(2)17-8-7-9-18(14(3)4)20(17)22-21(23)19-12-15(5)10-11-16(19)6/h7-14H,1-6H3,(H,22,23). The fourth-order valence-corrected chi connectivity index (χ4v) is 2.86. The summed E-state index contributed by atoms with van der Waals surface area (Å²) in [6.45, 7) is 12.6. The number of hydrogen-bond acceptors (Lipinski definition) is 1. The molecule has 0 unspecified atom stereocenters. The number of carbonyl (C=O) groups excluding carboxylic acids is 1. The van der Waals surface area contributed by atoms with Crippen LogP contribution in [0.5, 0.6) is 0 Å². The van der Waals surface area contributed by atoms with E-state index >= 15 is 0 Å². The minimum atomic E-state index is -0.0267. The van der Waals surface area contributed by atoms with Crippen molar-refractivity contribution in [3.8, 4) is 0 Å². The Balaban J connectivity index is 2.46. The molecule has 0 atom stereocenters. The molecule has 0 radical (unpaired) electrons. The van der Waals surface area contributed by atoms with Crippen molar-refractivity contribution >= 4 is 11.6 Å². The van der Waals surface area contributed by atoms with Crippen molar-refractivity contribution in [2.75, 3.05) is 5.32 Å². The number of anilines is 1. The van der Waals surface area contributed by atoms with Crippen molar-refractivity contribution < 1.29 is 4.79 Å². The number of nitrogens with one attached hydrogen (secondary N) is 1. The maximum absolute atomic E-state index is 12.8. The van der Waals surface area contributed by atoms with Crippen molar-refractivity contribution in [1.29, 1.82) is 0 Å². The molecule has 0 aliphatic carbocycles. The lowest BCUT2D eigenvalue weighted by atomic mass is 9.92. The van der Waals surface area contributed by atoms with Gasteiger partial charge in [-0.05, 0) is 48.4 Å². The molecule has 122 valence electrons. The average Bonchev–Trinajstić information content (AvgIpc) is 2.49. The summed E-state index contributed by atoms with van der Waals surface area (Å²) in [5.74, 6) is 0.700. The minimum absolute atomic E-state index is 0.0267. The van der Waals surface area contributed by atoms with E-state index in [1.54, 1.807) is 0 Å². The van der Waals surface area contributed by atoms with Crippen molar-refractivity contribution in [2.24, 2.45) is 0 Å². The number of carbonyl (C=O) groups is 1. The second kappa shape index (κ2) is 6.99. The Hall–Kier alpha value is -2.09. The number of rotatable bonds is 4. The second-order valence-corrected chi connectivity index (χ2v) is 6.89. The van der Waals surface area contributed by atoms with E-state index in [1.807, 2.05) is 32.0 Å². The highest BCUT2D eigenvalue weighted by Crippen LogP contribution is 2.32. The summed E-state index contributed by atoms with van der Waals surface area (Å²) in [5, 5.41) is 3.19. The van der Waals surface area contributed by atoms with Gasteiger partial charge in [-0.15, -0.1) is 0 Å². The third kappa shape index (κ3) is 3.82. The molecule has 2 rings (SSSR count). The molecule has 0 fully saturated rings. The molecule has 0 heterocycles. The quantitative estimate of drug-likeness (QED) is 0.759. The van der Waals surface area contributed by atoms with Gasteiger partial charge >= 0.3 is 0 Å². The number of aryl methyl sites for hydroxylation is 2. The highest BCUT2D eigenvalue weighted by atomic mass is 16.1. The summed E-state index contributed by atoms with van der Waals surface area (Å²) in [6.07, 6.45) is 0. The van der Waals surface area contributed by atoms with Gasteiger partial charge in [-0.2, -0.15) is 0 Å². The van der Waals surface area contributed by atoms with Gasteiger partial charge in [-0.3, -0.25) is 4.79 Å². The van der Waals surface area contributed by atoms with Crippen molar-refractivity contribution in [3.05, 3.63) is 64.2 Å². The van der Waals surface area contributed by atoms with E-state index in [4.69, 9.17) is 0 Å². The van der Waals surface area contributed by atoms with Gasteiger partial charge in [0, 0.05) is 11.3 Å². The zero-order valence-corrected chi connectivity index (χ0v) is 15.0. The van der Waals surface area contributed by atoms with Crippen LogP contribution in [-0.4, -0.2) is 5.91 Å². The maximum Gasteiger partial charge on any atom is 0.255 e. The molecular formula is C21H27NO. The van der Waals surface area contributed by atoms with Crippen LogP contribution in [0.25, 0.3) is 0 Å². The summed E-state index contributed by atoms with van der Waals surface area (Å²) < 4.78 is 0. The zero-order valence-electron chi connectivity index (χ0n) is 15.0. The lowest BCUT2D eigenvalue weighted by Gasteiger charge is -2.20. The van der Waals surface area contributed by atoms with Gasteiger partial charge in [0.25, 0.3) is 5.91 Å². The van der Waals surface area contributed by atoms with Gasteiger partial charge in [-0.25, -0.2) is 0 Å². The Labute approximate surface area is 139 Å². The smallest absolute Gasteiger partial charge is 0.255 e. The Morgan fingerprint density at radius 1 is 0.913 bits per heavy atom. The first-order valence-corrected chi connectivity index (χ1v) is 8.32. The Morgan fingerprint density at radius 3 is 2.00 bits per heavy atom. The van der Waals surface area contributed by atoms with Crippen LogP contribution in [-0.2, 0) is 0 Å². The first-order valence-electron chi connectivity index (χ1n) is 8.32. The van der Waals surface area contributed by atoms with Gasteiger partial charge in [0.05, 0.1) is 0 Å². The second-order valence-electron chi connectivity index (χ2n) is 6.89. The van der Waals surface area contributed by atoms with Crippen LogP contribution in [0.4, 0.5) is 5.69 Å². The van der Waals surface area contributed by atoms with Crippen LogP contribution < -0.4 is 5.32 Å². The summed E-state index contributed by atoms with van der Waals surface area (Å²) >= 11 is 0. The minimum Gasteiger partial charge on any atom is -0.321 e. The van der Waals surface area contributed by atoms with E-state index in [1.165, 1.54) is 11.1 Å². The van der Waals surface area contributed by atoms with Crippen LogP contribution in [0.3, 0.4) is 0 Å². The molecule has 0 bridgehead atoms. The molecule has 2 aromatic carbocycles. The molecule has 2 nitrogen and oxygen atoms in total. The molecule has 23 heavy (non-hydrogen) atoms. The number of amides is 1. The van der Waals surface area contributed by atoms with E-state index < -0.39 is 0 Å². The normalized spacial score (nSPS) is 11.1. The molecule has 0 aliphatic rings. The van der Waals surface area contributed by atoms with E-state index in [0.717, 1.165) is 22.4 Å². The van der Waals surface area contributed by atoms with Crippen molar-refractivity contribution in [2.45, 2.75) is 53.4 Å². The lowest BCUT2D eigenvalue weighted by molar-refractivity contribution is 0.102. The SMILES string of the molecule is Cc1ccc(C)c(C(=O)Nc2c(C(C)C)cccc2C(C)C)c1. The predicted octanol–water partition coefficient (Wildman–Crippen LogP) is 5.80. The van der Waals surface area contributed by atoms with Crippen LogP contribution in [0.15, 0.2) is 36.4 Å². The molecular weight excluding hydrogens is 282 g/mol. The maximum atomic E-state index is 12.8. The Bertz CT molecular complexity index is 688. The molecule has 0 spiro atoms. The molecule has 0 aliphatic heterocycles. The lowest BCUT2D eigenvalue weighted by Crippen LogP contribution is -2.17. The van der Waals surface area contributed by atoms with Crippen LogP contribution in [0.1, 0.15) is 72.1 Å². The van der Waals surface area contributed by atoms with E-state index in [9.17, 15) is 4.79 Å². The predicted molar refractivity (Wildman–Crippen MR) is 98.5 cm³/mol. The molecule has 1 N–H and O–H groups in total. The largest absolute Gasteiger partial charge is 0.321 e. The molecule has 0 aromatic heterocycles. The summed E-state index contributed by atoms with van der Waals surface area (Å²) in [7, 11) is 0. The number of benzene rings is 2. The monoisotopic (exact) mass is 309 g/mol. The van der Waals surface area contributed by atoms with E-state index in [2.05, 4.69) is 51.2 Å². The molecule has 0 saturated heterocycles. The Kier molecular flexibility index (Phi) is 5.25.